The van der Waals surface area contributed by atoms with E-state index in [0.717, 1.165) is 24.9 Å². The average molecular weight is 281 g/mol. The predicted molar refractivity (Wildman–Crippen MR) is 87.8 cm³/mol. The van der Waals surface area contributed by atoms with Crippen LogP contribution in [-0.2, 0) is 12.8 Å². The highest BCUT2D eigenvalue weighted by molar-refractivity contribution is 5.49. The molecule has 1 atom stereocenters. The third kappa shape index (κ3) is 3.21. The summed E-state index contributed by atoms with van der Waals surface area (Å²) in [7, 11) is 0. The van der Waals surface area contributed by atoms with E-state index < -0.39 is 0 Å². The Morgan fingerprint density at radius 3 is 2.71 bits per heavy atom. The van der Waals surface area contributed by atoms with Crippen LogP contribution < -0.4 is 5.32 Å². The lowest BCUT2D eigenvalue weighted by molar-refractivity contribution is 0.471. The van der Waals surface area contributed by atoms with Crippen molar-refractivity contribution in [2.24, 2.45) is 0 Å². The largest absolute Gasteiger partial charge is 0.508 e. The molecule has 0 bridgehead atoms. The quantitative estimate of drug-likeness (QED) is 0.841. The van der Waals surface area contributed by atoms with E-state index in [0.29, 0.717) is 11.8 Å². The molecule has 2 heteroatoms. The van der Waals surface area contributed by atoms with Gasteiger partial charge in [-0.05, 0) is 66.6 Å². The number of anilines is 1. The topological polar surface area (TPSA) is 32.3 Å². The van der Waals surface area contributed by atoms with Crippen LogP contribution in [0.1, 0.15) is 48.9 Å². The first-order chi connectivity index (χ1) is 10.3. The number of phenols is 1. The van der Waals surface area contributed by atoms with Gasteiger partial charge in [0.2, 0.25) is 0 Å². The van der Waals surface area contributed by atoms with Crippen LogP contribution in [0.25, 0.3) is 0 Å². The average Bonchev–Trinajstić information content (AvgIpc) is 2.50. The van der Waals surface area contributed by atoms with Crippen LogP contribution in [0.15, 0.2) is 42.5 Å². The molecule has 21 heavy (non-hydrogen) atoms. The molecule has 110 valence electrons. The highest BCUT2D eigenvalue weighted by atomic mass is 16.3. The van der Waals surface area contributed by atoms with Crippen molar-refractivity contribution in [1.29, 1.82) is 0 Å². The van der Waals surface area contributed by atoms with E-state index in [-0.39, 0.29) is 0 Å². The second-order valence-corrected chi connectivity index (χ2v) is 5.92. The fourth-order valence-corrected chi connectivity index (χ4v) is 3.19. The molecule has 1 aliphatic rings. The second kappa shape index (κ2) is 6.21. The summed E-state index contributed by atoms with van der Waals surface area (Å²) in [4.78, 5) is 0. The second-order valence-electron chi connectivity index (χ2n) is 5.92. The van der Waals surface area contributed by atoms with Crippen LogP contribution in [0.4, 0.5) is 5.69 Å². The summed E-state index contributed by atoms with van der Waals surface area (Å²) in [6.07, 6.45) is 5.75. The predicted octanol–water partition coefficient (Wildman–Crippen LogP) is 4.83. The first-order valence-electron chi connectivity index (χ1n) is 7.93. The lowest BCUT2D eigenvalue weighted by Gasteiger charge is -2.27. The van der Waals surface area contributed by atoms with Gasteiger partial charge in [-0.2, -0.15) is 0 Å². The van der Waals surface area contributed by atoms with Gasteiger partial charge in [-0.15, -0.1) is 0 Å². The molecule has 0 amide bonds. The maximum absolute atomic E-state index is 9.74. The molecule has 0 aliphatic heterocycles. The molecule has 1 unspecified atom stereocenters. The Balaban J connectivity index is 1.78. The molecule has 0 saturated carbocycles. The van der Waals surface area contributed by atoms with Crippen molar-refractivity contribution in [2.75, 3.05) is 5.32 Å². The van der Waals surface area contributed by atoms with Crippen molar-refractivity contribution in [1.82, 2.24) is 0 Å². The summed E-state index contributed by atoms with van der Waals surface area (Å²) in [5.41, 5.74) is 5.17. The molecule has 1 aliphatic carbocycles. The van der Waals surface area contributed by atoms with Crippen LogP contribution in [-0.4, -0.2) is 5.11 Å². The zero-order valence-corrected chi connectivity index (χ0v) is 12.6. The van der Waals surface area contributed by atoms with Crippen molar-refractivity contribution in [3.05, 3.63) is 59.2 Å². The molecule has 0 radical (unpaired) electrons. The molecule has 2 aromatic rings. The summed E-state index contributed by atoms with van der Waals surface area (Å²) in [6.45, 7) is 2.21. The van der Waals surface area contributed by atoms with Crippen LogP contribution in [0.2, 0.25) is 0 Å². The Morgan fingerprint density at radius 2 is 1.95 bits per heavy atom. The van der Waals surface area contributed by atoms with Gasteiger partial charge in [0.1, 0.15) is 5.75 Å². The Bertz CT molecular complexity index is 603. The van der Waals surface area contributed by atoms with E-state index in [1.807, 2.05) is 6.07 Å². The fourth-order valence-electron chi connectivity index (χ4n) is 3.19. The maximum atomic E-state index is 9.74. The molecule has 3 rings (SSSR count). The smallest absolute Gasteiger partial charge is 0.115 e. The van der Waals surface area contributed by atoms with Gasteiger partial charge >= 0.3 is 0 Å². The van der Waals surface area contributed by atoms with Crippen molar-refractivity contribution in [2.45, 2.75) is 45.1 Å². The molecular weight excluding hydrogens is 258 g/mol. The van der Waals surface area contributed by atoms with Crippen molar-refractivity contribution < 1.29 is 5.11 Å². The van der Waals surface area contributed by atoms with E-state index in [9.17, 15) is 5.11 Å². The third-order valence-electron chi connectivity index (χ3n) is 4.28. The summed E-state index contributed by atoms with van der Waals surface area (Å²) in [5, 5.41) is 13.4. The van der Waals surface area contributed by atoms with E-state index in [1.54, 1.807) is 6.07 Å². The van der Waals surface area contributed by atoms with Crippen molar-refractivity contribution in [3.63, 3.8) is 0 Å². The fraction of sp³-hybridized carbons (Fsp3) is 0.368. The van der Waals surface area contributed by atoms with Gasteiger partial charge in [0.25, 0.3) is 0 Å². The van der Waals surface area contributed by atoms with Gasteiger partial charge in [-0.3, -0.25) is 0 Å². The third-order valence-corrected chi connectivity index (χ3v) is 4.28. The zero-order chi connectivity index (χ0) is 14.7. The molecule has 2 N–H and O–H groups in total. The molecular formula is C19H23NO. The molecule has 0 saturated heterocycles. The van der Waals surface area contributed by atoms with Crippen LogP contribution in [0.3, 0.4) is 0 Å². The van der Waals surface area contributed by atoms with Crippen molar-refractivity contribution in [3.8, 4) is 5.75 Å². The Hall–Kier alpha value is -1.96. The Morgan fingerprint density at radius 1 is 1.14 bits per heavy atom. The number of phenolic OH excluding ortho intramolecular Hbond substituents is 1. The summed E-state index contributed by atoms with van der Waals surface area (Å²) >= 11 is 0. The molecule has 0 spiro atoms. The minimum absolute atomic E-state index is 0.304. The maximum Gasteiger partial charge on any atom is 0.115 e. The van der Waals surface area contributed by atoms with Gasteiger partial charge in [-0.1, -0.05) is 31.5 Å². The number of nitrogens with one attached hydrogen (secondary N) is 1. The minimum Gasteiger partial charge on any atom is -0.508 e. The molecule has 0 fully saturated rings. The highest BCUT2D eigenvalue weighted by Gasteiger charge is 2.20. The molecule has 0 heterocycles. The minimum atomic E-state index is 0.304. The lowest BCUT2D eigenvalue weighted by atomic mass is 9.87. The van der Waals surface area contributed by atoms with Crippen LogP contribution >= 0.6 is 0 Å². The van der Waals surface area contributed by atoms with Crippen molar-refractivity contribution >= 4 is 5.69 Å². The monoisotopic (exact) mass is 281 g/mol. The van der Waals surface area contributed by atoms with E-state index >= 15 is 0 Å². The van der Waals surface area contributed by atoms with Crippen LogP contribution in [0.5, 0.6) is 5.75 Å². The number of hydrogen-bond donors (Lipinski definition) is 2. The number of fused-ring (bicyclic) bond motifs is 1. The van der Waals surface area contributed by atoms with E-state index in [2.05, 4.69) is 42.6 Å². The highest BCUT2D eigenvalue weighted by Crippen LogP contribution is 2.34. The Labute approximate surface area is 126 Å². The summed E-state index contributed by atoms with van der Waals surface area (Å²) < 4.78 is 0. The first kappa shape index (κ1) is 14.0. The van der Waals surface area contributed by atoms with E-state index in [1.165, 1.54) is 29.5 Å². The summed E-state index contributed by atoms with van der Waals surface area (Å²) in [6, 6.07) is 14.8. The molecule has 0 aromatic heterocycles. The number of benzene rings is 2. The standard InChI is InChI=1S/C19H23NO/c1-2-4-14-7-10-16(11-8-14)20-19-6-3-5-15-9-12-17(21)13-18(15)19/h7-13,19-21H,2-6H2,1H3. The molecule has 2 nitrogen and oxygen atoms in total. The van der Waals surface area contributed by atoms with Gasteiger partial charge in [0.15, 0.2) is 0 Å². The van der Waals surface area contributed by atoms with Gasteiger partial charge in [0.05, 0.1) is 6.04 Å². The van der Waals surface area contributed by atoms with Crippen LogP contribution in [0, 0.1) is 0 Å². The van der Waals surface area contributed by atoms with E-state index in [4.69, 9.17) is 0 Å². The molecule has 2 aromatic carbocycles. The number of rotatable bonds is 4. The van der Waals surface area contributed by atoms with Gasteiger partial charge in [0, 0.05) is 5.69 Å². The zero-order valence-electron chi connectivity index (χ0n) is 12.6. The Kier molecular flexibility index (Phi) is 4.14. The number of aryl methyl sites for hydroxylation is 2. The normalized spacial score (nSPS) is 17.3. The summed E-state index contributed by atoms with van der Waals surface area (Å²) in [5.74, 6) is 0.362. The van der Waals surface area contributed by atoms with Gasteiger partial charge < -0.3 is 10.4 Å². The number of aromatic hydroxyl groups is 1. The first-order valence-corrected chi connectivity index (χ1v) is 7.93. The van der Waals surface area contributed by atoms with Gasteiger partial charge in [-0.25, -0.2) is 0 Å². The lowest BCUT2D eigenvalue weighted by Crippen LogP contribution is -2.17. The number of hydrogen-bond acceptors (Lipinski definition) is 2. The SMILES string of the molecule is CCCc1ccc(NC2CCCc3ccc(O)cc32)cc1.